The lowest BCUT2D eigenvalue weighted by molar-refractivity contribution is -0.122. The molecule has 0 aromatic heterocycles. The molecule has 0 spiro atoms. The van der Waals surface area contributed by atoms with Crippen LogP contribution in [-0.2, 0) is 11.2 Å². The van der Waals surface area contributed by atoms with Crippen molar-refractivity contribution in [3.8, 4) is 0 Å². The first-order valence-corrected chi connectivity index (χ1v) is 6.23. The minimum absolute atomic E-state index is 0.445. The number of primary amides is 1. The summed E-state index contributed by atoms with van der Waals surface area (Å²) in [4.78, 5) is 13.3. The Kier molecular flexibility index (Phi) is 5.31. The van der Waals surface area contributed by atoms with Gasteiger partial charge in [-0.25, -0.2) is 0 Å². The van der Waals surface area contributed by atoms with Gasteiger partial charge in [-0.3, -0.25) is 4.79 Å². The van der Waals surface area contributed by atoms with Crippen molar-refractivity contribution < 1.29 is 4.79 Å². The van der Waals surface area contributed by atoms with Crippen LogP contribution in [-0.4, -0.2) is 36.5 Å². The largest absolute Gasteiger partial charge is 0.368 e. The number of rotatable bonds is 7. The fourth-order valence-corrected chi connectivity index (χ4v) is 1.62. The first-order valence-electron chi connectivity index (χ1n) is 6.23. The lowest BCUT2D eigenvalue weighted by Gasteiger charge is -2.24. The number of hydrogen-bond donors (Lipinski definition) is 2. The Balaban J connectivity index is 2.30. The number of nitrogens with two attached hydrogens (primary N) is 2. The summed E-state index contributed by atoms with van der Waals surface area (Å²) < 4.78 is 0. The molecule has 0 aliphatic carbocycles. The van der Waals surface area contributed by atoms with Crippen LogP contribution in [0.5, 0.6) is 0 Å². The minimum atomic E-state index is -0.916. The molecule has 1 aromatic rings. The van der Waals surface area contributed by atoms with Crippen molar-refractivity contribution in [2.75, 3.05) is 20.1 Å². The fraction of sp³-hybridized carbons (Fsp3) is 0.500. The van der Waals surface area contributed by atoms with E-state index in [1.807, 2.05) is 25.2 Å². The third kappa shape index (κ3) is 4.85. The lowest BCUT2D eigenvalue weighted by Crippen LogP contribution is -2.51. The normalized spacial score (nSPS) is 14.4. The highest BCUT2D eigenvalue weighted by atomic mass is 16.1. The van der Waals surface area contributed by atoms with Gasteiger partial charge in [-0.1, -0.05) is 30.3 Å². The Morgan fingerprint density at radius 1 is 1.28 bits per heavy atom. The second kappa shape index (κ2) is 6.52. The van der Waals surface area contributed by atoms with E-state index in [9.17, 15) is 4.79 Å². The highest BCUT2D eigenvalue weighted by molar-refractivity contribution is 5.83. The van der Waals surface area contributed by atoms with Gasteiger partial charge < -0.3 is 16.4 Å². The molecule has 0 bridgehead atoms. The van der Waals surface area contributed by atoms with Crippen LogP contribution >= 0.6 is 0 Å². The van der Waals surface area contributed by atoms with Crippen LogP contribution in [0.3, 0.4) is 0 Å². The monoisotopic (exact) mass is 249 g/mol. The summed E-state index contributed by atoms with van der Waals surface area (Å²) in [6.45, 7) is 3.39. The van der Waals surface area contributed by atoms with Crippen molar-refractivity contribution in [2.45, 2.75) is 25.3 Å². The number of likely N-dealkylation sites (N-methyl/N-ethyl adjacent to an activating group) is 1. The summed E-state index contributed by atoms with van der Waals surface area (Å²) in [6, 6.07) is 10.3. The molecule has 4 heteroatoms. The van der Waals surface area contributed by atoms with Gasteiger partial charge in [0, 0.05) is 13.1 Å². The summed E-state index contributed by atoms with van der Waals surface area (Å²) in [5.74, 6) is -0.445. The molecule has 1 amide bonds. The number of hydrogen-bond acceptors (Lipinski definition) is 3. The fourth-order valence-electron chi connectivity index (χ4n) is 1.62. The Bertz CT molecular complexity index is 376. The number of amides is 1. The van der Waals surface area contributed by atoms with E-state index in [-0.39, 0.29) is 0 Å². The molecule has 100 valence electrons. The lowest BCUT2D eigenvalue weighted by atomic mass is 9.98. The van der Waals surface area contributed by atoms with Crippen molar-refractivity contribution in [1.82, 2.24) is 4.90 Å². The molecule has 0 aliphatic heterocycles. The molecule has 0 aliphatic rings. The molecule has 0 heterocycles. The number of carbonyl (C=O) groups is 1. The van der Waals surface area contributed by atoms with Crippen molar-refractivity contribution >= 4 is 5.91 Å². The molecule has 4 N–H and O–H groups in total. The highest BCUT2D eigenvalue weighted by Crippen LogP contribution is 2.06. The second-order valence-corrected chi connectivity index (χ2v) is 5.07. The molecule has 1 unspecified atom stereocenters. The van der Waals surface area contributed by atoms with E-state index in [0.29, 0.717) is 6.42 Å². The van der Waals surface area contributed by atoms with E-state index in [2.05, 4.69) is 17.0 Å². The third-order valence-corrected chi connectivity index (χ3v) is 3.20. The molecular formula is C14H23N3O. The van der Waals surface area contributed by atoms with Crippen molar-refractivity contribution in [3.05, 3.63) is 35.9 Å². The van der Waals surface area contributed by atoms with Crippen molar-refractivity contribution in [1.29, 1.82) is 0 Å². The maximum absolute atomic E-state index is 11.1. The Morgan fingerprint density at radius 3 is 2.44 bits per heavy atom. The summed E-state index contributed by atoms with van der Waals surface area (Å²) in [5, 5.41) is 0. The zero-order chi connectivity index (χ0) is 13.6. The van der Waals surface area contributed by atoms with Gasteiger partial charge in [0.05, 0.1) is 5.54 Å². The number of carbonyl (C=O) groups excluding carboxylic acids is 1. The Labute approximate surface area is 109 Å². The van der Waals surface area contributed by atoms with Crippen LogP contribution in [0.1, 0.15) is 18.9 Å². The van der Waals surface area contributed by atoms with Crippen LogP contribution in [0.2, 0.25) is 0 Å². The van der Waals surface area contributed by atoms with Gasteiger partial charge in [0.15, 0.2) is 0 Å². The van der Waals surface area contributed by atoms with E-state index in [1.54, 1.807) is 6.92 Å². The maximum atomic E-state index is 11.1. The zero-order valence-corrected chi connectivity index (χ0v) is 11.2. The van der Waals surface area contributed by atoms with Gasteiger partial charge in [0.2, 0.25) is 5.91 Å². The molecule has 1 aromatic carbocycles. The zero-order valence-electron chi connectivity index (χ0n) is 11.2. The standard InChI is InChI=1S/C14H23N3O/c1-14(16,13(15)18)9-11-17(2)10-8-12-6-4-3-5-7-12/h3-7H,8-11,16H2,1-2H3,(H2,15,18). The molecule has 1 rings (SSSR count). The molecule has 18 heavy (non-hydrogen) atoms. The smallest absolute Gasteiger partial charge is 0.237 e. The van der Waals surface area contributed by atoms with Crippen LogP contribution in [0.15, 0.2) is 30.3 Å². The molecule has 1 atom stereocenters. The quantitative estimate of drug-likeness (QED) is 0.749. The van der Waals surface area contributed by atoms with Gasteiger partial charge >= 0.3 is 0 Å². The van der Waals surface area contributed by atoms with Crippen LogP contribution in [0.4, 0.5) is 0 Å². The SMILES string of the molecule is CN(CCc1ccccc1)CCC(C)(N)C(N)=O. The van der Waals surface area contributed by atoms with Gasteiger partial charge in [-0.15, -0.1) is 0 Å². The molecule has 4 nitrogen and oxygen atoms in total. The topological polar surface area (TPSA) is 72.3 Å². The third-order valence-electron chi connectivity index (χ3n) is 3.20. The predicted octanol–water partition coefficient (Wildman–Crippen LogP) is 0.754. The van der Waals surface area contributed by atoms with Crippen molar-refractivity contribution in [3.63, 3.8) is 0 Å². The Morgan fingerprint density at radius 2 is 1.89 bits per heavy atom. The summed E-state index contributed by atoms with van der Waals surface area (Å²) in [5.41, 5.74) is 11.5. The van der Waals surface area contributed by atoms with Crippen molar-refractivity contribution in [2.24, 2.45) is 11.5 Å². The van der Waals surface area contributed by atoms with E-state index in [0.717, 1.165) is 19.5 Å². The average Bonchev–Trinajstić information content (AvgIpc) is 2.35. The first-order chi connectivity index (χ1) is 8.42. The van der Waals surface area contributed by atoms with Gasteiger partial charge in [0.25, 0.3) is 0 Å². The predicted molar refractivity (Wildman–Crippen MR) is 74.0 cm³/mol. The van der Waals surface area contributed by atoms with Gasteiger partial charge in [-0.05, 0) is 32.4 Å². The second-order valence-electron chi connectivity index (χ2n) is 5.07. The molecule has 0 saturated carbocycles. The average molecular weight is 249 g/mol. The summed E-state index contributed by atoms with van der Waals surface area (Å²) in [7, 11) is 2.03. The van der Waals surface area contributed by atoms with Crippen LogP contribution in [0.25, 0.3) is 0 Å². The molecule has 0 radical (unpaired) electrons. The minimum Gasteiger partial charge on any atom is -0.368 e. The van der Waals surface area contributed by atoms with Gasteiger partial charge in [0.1, 0.15) is 0 Å². The van der Waals surface area contributed by atoms with E-state index in [4.69, 9.17) is 11.5 Å². The van der Waals surface area contributed by atoms with E-state index >= 15 is 0 Å². The molecule has 0 fully saturated rings. The first kappa shape index (κ1) is 14.7. The maximum Gasteiger partial charge on any atom is 0.237 e. The van der Waals surface area contributed by atoms with Crippen LogP contribution < -0.4 is 11.5 Å². The molecular weight excluding hydrogens is 226 g/mol. The van der Waals surface area contributed by atoms with Gasteiger partial charge in [-0.2, -0.15) is 0 Å². The van der Waals surface area contributed by atoms with Crippen LogP contribution in [0, 0.1) is 0 Å². The summed E-state index contributed by atoms with van der Waals surface area (Å²) in [6.07, 6.45) is 1.57. The van der Waals surface area contributed by atoms with E-state index < -0.39 is 11.4 Å². The number of nitrogens with zero attached hydrogens (tertiary/aromatic N) is 1. The molecule has 0 saturated heterocycles. The Hall–Kier alpha value is -1.39. The summed E-state index contributed by atoms with van der Waals surface area (Å²) >= 11 is 0. The highest BCUT2D eigenvalue weighted by Gasteiger charge is 2.25. The number of benzene rings is 1. The van der Waals surface area contributed by atoms with E-state index in [1.165, 1.54) is 5.56 Å².